The maximum atomic E-state index is 14.3. The van der Waals surface area contributed by atoms with Gasteiger partial charge in [-0.25, -0.2) is 0 Å². The summed E-state index contributed by atoms with van der Waals surface area (Å²) in [5, 5.41) is 3.52. The molecule has 0 unspecified atom stereocenters. The number of benzene rings is 2. The lowest BCUT2D eigenvalue weighted by atomic mass is 9.75. The molecule has 0 atom stereocenters. The van der Waals surface area contributed by atoms with Gasteiger partial charge in [0, 0.05) is 36.5 Å². The number of anilines is 1. The first kappa shape index (κ1) is 22.9. The van der Waals surface area contributed by atoms with Gasteiger partial charge in [0.15, 0.2) is 0 Å². The number of nitrogens with zero attached hydrogens (tertiary/aromatic N) is 1. The van der Waals surface area contributed by atoms with Crippen LogP contribution in [0.1, 0.15) is 33.5 Å². The lowest BCUT2D eigenvalue weighted by Gasteiger charge is -2.31. The summed E-state index contributed by atoms with van der Waals surface area (Å²) in [6.45, 7) is 1.90. The number of hydrogen-bond donors (Lipinski definition) is 1. The second kappa shape index (κ2) is 9.87. The summed E-state index contributed by atoms with van der Waals surface area (Å²) in [6.07, 6.45) is 20.1. The van der Waals surface area contributed by atoms with E-state index in [1.165, 1.54) is 22.3 Å². The maximum Gasteiger partial charge on any atom is 0.210 e. The van der Waals surface area contributed by atoms with Gasteiger partial charge in [-0.05, 0) is 82.5 Å². The van der Waals surface area contributed by atoms with Crippen molar-refractivity contribution in [1.29, 1.82) is 0 Å². The van der Waals surface area contributed by atoms with Gasteiger partial charge in [0.05, 0.1) is 5.70 Å². The maximum absolute atomic E-state index is 14.3. The Kier molecular flexibility index (Phi) is 6.28. The van der Waals surface area contributed by atoms with Crippen LogP contribution < -0.4 is 5.32 Å². The highest BCUT2D eigenvalue weighted by atomic mass is 32.2. The third kappa shape index (κ3) is 4.20. The van der Waals surface area contributed by atoms with Gasteiger partial charge >= 0.3 is 0 Å². The van der Waals surface area contributed by atoms with Crippen LogP contribution in [0.2, 0.25) is 0 Å². The molecule has 36 heavy (non-hydrogen) atoms. The van der Waals surface area contributed by atoms with Crippen LogP contribution in [0.25, 0.3) is 5.57 Å². The van der Waals surface area contributed by atoms with Crippen LogP contribution in [0, 0.1) is 0 Å². The summed E-state index contributed by atoms with van der Waals surface area (Å²) < 4.78 is 0. The predicted octanol–water partition coefficient (Wildman–Crippen LogP) is 6.74. The second-order valence-electron chi connectivity index (χ2n) is 9.59. The molecule has 0 bridgehead atoms. The highest BCUT2D eigenvalue weighted by molar-refractivity contribution is 7.98. The van der Waals surface area contributed by atoms with Crippen molar-refractivity contribution in [1.82, 2.24) is 4.90 Å². The van der Waals surface area contributed by atoms with Crippen molar-refractivity contribution in [3.8, 4) is 0 Å². The van der Waals surface area contributed by atoms with Crippen LogP contribution in [0.5, 0.6) is 0 Å². The van der Waals surface area contributed by atoms with Gasteiger partial charge in [-0.15, -0.1) is 0 Å². The van der Waals surface area contributed by atoms with E-state index in [4.69, 9.17) is 0 Å². The van der Waals surface area contributed by atoms with Crippen molar-refractivity contribution in [2.45, 2.75) is 19.3 Å². The van der Waals surface area contributed by atoms with Crippen molar-refractivity contribution < 1.29 is 4.79 Å². The second-order valence-corrected chi connectivity index (χ2v) is 10.6. The van der Waals surface area contributed by atoms with Crippen LogP contribution in [0.4, 0.5) is 5.69 Å². The lowest BCUT2D eigenvalue weighted by molar-refractivity contribution is 0.103. The van der Waals surface area contributed by atoms with E-state index >= 15 is 0 Å². The molecule has 6 rings (SSSR count). The molecule has 0 aromatic heterocycles. The van der Waals surface area contributed by atoms with Crippen molar-refractivity contribution in [3.63, 3.8) is 0 Å². The predicted molar refractivity (Wildman–Crippen MR) is 152 cm³/mol. The molecule has 2 aromatic carbocycles. The summed E-state index contributed by atoms with van der Waals surface area (Å²) >= 11 is 1.86. The SMILES string of the molecule is CSCCN1C=CC(C2=C(Nc3ccccc3)C(=O)c3c(ccc4c3CC=C3CC=CC=C34)C2)=CC1. The number of carbonyl (C=O) groups is 1. The van der Waals surface area contributed by atoms with Crippen LogP contribution in [-0.2, 0) is 12.8 Å². The van der Waals surface area contributed by atoms with Crippen LogP contribution in [0.3, 0.4) is 0 Å². The van der Waals surface area contributed by atoms with E-state index in [-0.39, 0.29) is 5.78 Å². The van der Waals surface area contributed by atoms with Gasteiger partial charge in [0.2, 0.25) is 5.78 Å². The molecule has 0 saturated carbocycles. The van der Waals surface area contributed by atoms with Gasteiger partial charge in [-0.3, -0.25) is 4.79 Å². The number of nitrogens with one attached hydrogen (secondary N) is 1. The third-order valence-corrected chi connectivity index (χ3v) is 8.02. The fourth-order valence-electron chi connectivity index (χ4n) is 5.56. The molecule has 1 aliphatic heterocycles. The number of carbonyl (C=O) groups excluding carboxylic acids is 1. The Bertz CT molecular complexity index is 1410. The zero-order chi connectivity index (χ0) is 24.5. The van der Waals surface area contributed by atoms with E-state index < -0.39 is 0 Å². The first-order valence-electron chi connectivity index (χ1n) is 12.7. The third-order valence-electron chi connectivity index (χ3n) is 7.43. The number of hydrogen-bond acceptors (Lipinski definition) is 4. The molecule has 1 N–H and O–H groups in total. The number of rotatable bonds is 6. The molecular formula is C32H30N2OS. The molecule has 4 aliphatic rings. The minimum absolute atomic E-state index is 0.106. The number of Topliss-reactive ketones (excluding diaryl/α,β-unsaturated/α-hetero) is 1. The Morgan fingerprint density at radius 1 is 1.06 bits per heavy atom. The van der Waals surface area contributed by atoms with Gasteiger partial charge in [-0.1, -0.05) is 60.7 Å². The lowest BCUT2D eigenvalue weighted by Crippen LogP contribution is -2.27. The molecule has 0 fully saturated rings. The standard InChI is InChI=1S/C32H30N2OS/c1-36-20-19-34-17-15-23(16-18-34)29-21-24-12-13-27-26-10-6-5-7-22(26)11-14-28(27)30(24)32(35)31(29)33-25-8-3-2-4-9-25/h2-6,8-13,15-17,33H,7,14,18-21H2,1H3. The topological polar surface area (TPSA) is 32.3 Å². The van der Waals surface area contributed by atoms with Crippen LogP contribution >= 0.6 is 11.8 Å². The average Bonchev–Trinajstić information content (AvgIpc) is 2.93. The molecule has 3 aliphatic carbocycles. The zero-order valence-electron chi connectivity index (χ0n) is 20.6. The van der Waals surface area contributed by atoms with Gasteiger partial charge in [0.25, 0.3) is 0 Å². The first-order valence-corrected chi connectivity index (χ1v) is 14.1. The summed E-state index contributed by atoms with van der Waals surface area (Å²) in [7, 11) is 0. The number of para-hydroxylation sites is 1. The van der Waals surface area contributed by atoms with E-state index in [2.05, 4.69) is 71.3 Å². The van der Waals surface area contributed by atoms with E-state index in [9.17, 15) is 4.79 Å². The molecule has 0 amide bonds. The van der Waals surface area contributed by atoms with E-state index in [1.54, 1.807) is 0 Å². The largest absolute Gasteiger partial charge is 0.373 e. The van der Waals surface area contributed by atoms with Gasteiger partial charge in [0.1, 0.15) is 0 Å². The molecular weight excluding hydrogens is 460 g/mol. The molecule has 0 radical (unpaired) electrons. The minimum Gasteiger partial charge on any atom is -0.373 e. The van der Waals surface area contributed by atoms with Crippen LogP contribution in [-0.4, -0.2) is 35.8 Å². The van der Waals surface area contributed by atoms with Crippen LogP contribution in [0.15, 0.2) is 108 Å². The first-order chi connectivity index (χ1) is 17.7. The highest BCUT2D eigenvalue weighted by Crippen LogP contribution is 2.41. The summed E-state index contributed by atoms with van der Waals surface area (Å²) in [5.41, 5.74) is 10.9. The molecule has 180 valence electrons. The number of ketones is 1. The van der Waals surface area contributed by atoms with E-state index in [0.717, 1.165) is 66.1 Å². The molecule has 3 nitrogen and oxygen atoms in total. The molecule has 2 aromatic rings. The average molecular weight is 491 g/mol. The fourth-order valence-corrected chi connectivity index (χ4v) is 5.98. The van der Waals surface area contributed by atoms with Gasteiger partial charge < -0.3 is 10.2 Å². The summed E-state index contributed by atoms with van der Waals surface area (Å²) in [4.78, 5) is 16.6. The Labute approximate surface area is 217 Å². The molecule has 1 heterocycles. The Balaban J connectivity index is 1.41. The quantitative estimate of drug-likeness (QED) is 0.486. The number of thioether (sulfide) groups is 1. The highest BCUT2D eigenvalue weighted by Gasteiger charge is 2.32. The molecule has 0 saturated heterocycles. The fraction of sp³-hybridized carbons (Fsp3) is 0.219. The van der Waals surface area contributed by atoms with Crippen molar-refractivity contribution in [2.24, 2.45) is 0 Å². The van der Waals surface area contributed by atoms with Crippen molar-refractivity contribution in [2.75, 3.05) is 30.4 Å². The number of fused-ring (bicyclic) bond motifs is 5. The normalized spacial score (nSPS) is 18.2. The Morgan fingerprint density at radius 3 is 2.75 bits per heavy atom. The van der Waals surface area contributed by atoms with Gasteiger partial charge in [-0.2, -0.15) is 11.8 Å². The summed E-state index contributed by atoms with van der Waals surface area (Å²) in [6, 6.07) is 14.5. The minimum atomic E-state index is 0.106. The number of allylic oxidation sites excluding steroid dienone is 10. The molecule has 4 heteroatoms. The van der Waals surface area contributed by atoms with E-state index in [0.29, 0.717) is 5.70 Å². The monoisotopic (exact) mass is 490 g/mol. The zero-order valence-corrected chi connectivity index (χ0v) is 21.4. The van der Waals surface area contributed by atoms with E-state index in [1.807, 2.05) is 42.1 Å². The van der Waals surface area contributed by atoms with Crippen molar-refractivity contribution in [3.05, 3.63) is 130 Å². The molecule has 0 spiro atoms. The summed E-state index contributed by atoms with van der Waals surface area (Å²) in [5.74, 6) is 1.21. The van der Waals surface area contributed by atoms with Crippen molar-refractivity contribution >= 4 is 28.8 Å². The smallest absolute Gasteiger partial charge is 0.210 e. The Hall–Kier alpha value is -3.50. The Morgan fingerprint density at radius 2 is 1.94 bits per heavy atom.